The van der Waals surface area contributed by atoms with E-state index in [0.29, 0.717) is 0 Å². The van der Waals surface area contributed by atoms with Crippen LogP contribution in [-0.2, 0) is 19.5 Å². The van der Waals surface area contributed by atoms with Crippen LogP contribution >= 0.6 is 0 Å². The molecule has 0 heterocycles. The maximum Gasteiger partial charge on any atom is 0 e. The first-order chi connectivity index (χ1) is 2.27. The van der Waals surface area contributed by atoms with Crippen molar-refractivity contribution in [2.75, 3.05) is 0 Å². The molecule has 0 rings (SSSR count). The molecule has 0 aliphatic rings. The maximum absolute atomic E-state index is 3.52. The fourth-order valence-electron chi connectivity index (χ4n) is 0. The Kier molecular flexibility index (Phi) is 21.9. The molecule has 0 spiro atoms. The van der Waals surface area contributed by atoms with Crippen LogP contribution in [0.15, 0.2) is 12.7 Å². The molecular formula is C5H9ClZn-. The van der Waals surface area contributed by atoms with Crippen LogP contribution < -0.4 is 12.4 Å². The Bertz CT molecular complexity index is 35.1. The van der Waals surface area contributed by atoms with Gasteiger partial charge in [0.25, 0.3) is 0 Å². The average Bonchev–Trinajstić information content (AvgIpc) is 1.38. The van der Waals surface area contributed by atoms with Crippen LogP contribution in [0.5, 0.6) is 0 Å². The van der Waals surface area contributed by atoms with Gasteiger partial charge in [-0.1, -0.05) is 19.9 Å². The van der Waals surface area contributed by atoms with Gasteiger partial charge < -0.3 is 12.4 Å². The minimum Gasteiger partial charge on any atom is -1.00 e. The van der Waals surface area contributed by atoms with E-state index in [9.17, 15) is 0 Å². The Balaban J connectivity index is -0.0000000800. The smallest absolute Gasteiger partial charge is 0 e. The van der Waals surface area contributed by atoms with Crippen LogP contribution in [-0.4, -0.2) is 0 Å². The van der Waals surface area contributed by atoms with Gasteiger partial charge in [0.2, 0.25) is 0 Å². The number of halogens is 1. The van der Waals surface area contributed by atoms with Crippen LogP contribution in [0.1, 0.15) is 13.8 Å². The third kappa shape index (κ3) is 20.5. The van der Waals surface area contributed by atoms with E-state index in [4.69, 9.17) is 0 Å². The number of hydrogen-bond donors (Lipinski definition) is 0. The zero-order valence-electron chi connectivity index (χ0n) is 4.87. The van der Waals surface area contributed by atoms with Gasteiger partial charge in [-0.05, 0) is 5.92 Å². The first-order valence-electron chi connectivity index (χ1n) is 1.70. The first-order valence-corrected chi connectivity index (χ1v) is 1.70. The largest absolute Gasteiger partial charge is 1.00 e. The summed E-state index contributed by atoms with van der Waals surface area (Å²) in [5.41, 5.74) is 0. The van der Waals surface area contributed by atoms with Crippen molar-refractivity contribution in [3.8, 4) is 0 Å². The summed E-state index contributed by atoms with van der Waals surface area (Å²) in [6.45, 7) is 7.56. The molecule has 39 valence electrons. The van der Waals surface area contributed by atoms with Crippen molar-refractivity contribution in [1.82, 2.24) is 0 Å². The van der Waals surface area contributed by atoms with Crippen LogP contribution in [0.3, 0.4) is 0 Å². The average molecular weight is 170 g/mol. The molecule has 0 unspecified atom stereocenters. The molecule has 2 heteroatoms. The van der Waals surface area contributed by atoms with Crippen LogP contribution in [0.25, 0.3) is 0 Å². The number of hydrogen-bond acceptors (Lipinski definition) is 0. The fourth-order valence-corrected chi connectivity index (χ4v) is 0. The number of rotatable bonds is 1. The standard InChI is InChI=1S/C5H9.ClH.Zn/c1-4-5(2)3;;/h4H,1H2,2-3H3;1H;/p-1. The van der Waals surface area contributed by atoms with Crippen molar-refractivity contribution in [3.63, 3.8) is 0 Å². The molecule has 0 saturated carbocycles. The first kappa shape index (κ1) is 15.6. The third-order valence-corrected chi connectivity index (χ3v) is 0.408. The molecule has 0 atom stereocenters. The molecule has 0 amide bonds. The van der Waals surface area contributed by atoms with E-state index in [-0.39, 0.29) is 31.9 Å². The van der Waals surface area contributed by atoms with Crippen LogP contribution in [0.4, 0.5) is 0 Å². The van der Waals surface area contributed by atoms with Crippen molar-refractivity contribution < 1.29 is 31.9 Å². The predicted octanol–water partition coefficient (Wildman–Crippen LogP) is -1.21. The van der Waals surface area contributed by atoms with Crippen LogP contribution in [0, 0.1) is 5.92 Å². The van der Waals surface area contributed by atoms with Gasteiger partial charge >= 0.3 is 0 Å². The second kappa shape index (κ2) is 9.82. The van der Waals surface area contributed by atoms with E-state index in [1.165, 1.54) is 5.92 Å². The third-order valence-electron chi connectivity index (χ3n) is 0.408. The Morgan fingerprint density at radius 2 is 1.57 bits per heavy atom. The van der Waals surface area contributed by atoms with Crippen molar-refractivity contribution in [3.05, 3.63) is 18.6 Å². The minimum absolute atomic E-state index is 0. The van der Waals surface area contributed by atoms with E-state index in [1.807, 2.05) is 19.9 Å². The molecule has 0 aromatic rings. The zero-order chi connectivity index (χ0) is 4.28. The molecule has 0 fully saturated rings. The molecule has 0 aliphatic heterocycles. The summed E-state index contributed by atoms with van der Waals surface area (Å²) in [5, 5.41) is 0. The molecule has 0 aromatic heterocycles. The predicted molar refractivity (Wildman–Crippen MR) is 24.8 cm³/mol. The van der Waals surface area contributed by atoms with E-state index in [0.717, 1.165) is 0 Å². The molecule has 0 aliphatic carbocycles. The molecular weight excluding hydrogens is 161 g/mol. The molecule has 7 heavy (non-hydrogen) atoms. The van der Waals surface area contributed by atoms with Crippen molar-refractivity contribution in [2.24, 2.45) is 0 Å². The molecule has 0 nitrogen and oxygen atoms in total. The molecule has 0 aromatic carbocycles. The maximum atomic E-state index is 3.52. The Labute approximate surface area is 64.5 Å². The summed E-state index contributed by atoms with van der Waals surface area (Å²) in [4.78, 5) is 0. The molecule has 1 radical (unpaired) electrons. The van der Waals surface area contributed by atoms with Crippen LogP contribution in [0.2, 0.25) is 0 Å². The van der Waals surface area contributed by atoms with E-state index in [2.05, 4.69) is 6.58 Å². The SMILES string of the molecule is C=C[C](C)C.[Cl-].[Zn]. The Hall–Kier alpha value is 0.653. The molecule has 0 saturated heterocycles. The zero-order valence-corrected chi connectivity index (χ0v) is 8.59. The van der Waals surface area contributed by atoms with Gasteiger partial charge in [0, 0.05) is 19.5 Å². The Morgan fingerprint density at radius 3 is 1.57 bits per heavy atom. The fraction of sp³-hybridized carbons (Fsp3) is 0.400. The quantitative estimate of drug-likeness (QED) is 0.433. The summed E-state index contributed by atoms with van der Waals surface area (Å²) in [7, 11) is 0. The van der Waals surface area contributed by atoms with Gasteiger partial charge in [-0.25, -0.2) is 0 Å². The van der Waals surface area contributed by atoms with Crippen molar-refractivity contribution in [1.29, 1.82) is 0 Å². The summed E-state index contributed by atoms with van der Waals surface area (Å²) in [6.07, 6.45) is 1.83. The van der Waals surface area contributed by atoms with Gasteiger partial charge in [-0.15, -0.1) is 6.58 Å². The second-order valence-electron chi connectivity index (χ2n) is 1.28. The van der Waals surface area contributed by atoms with Gasteiger partial charge in [0.15, 0.2) is 0 Å². The van der Waals surface area contributed by atoms with Crippen molar-refractivity contribution >= 4 is 0 Å². The monoisotopic (exact) mass is 168 g/mol. The number of allylic oxidation sites excluding steroid dienone is 1. The van der Waals surface area contributed by atoms with E-state index >= 15 is 0 Å². The van der Waals surface area contributed by atoms with Gasteiger partial charge in [-0.2, -0.15) is 0 Å². The Morgan fingerprint density at radius 1 is 1.43 bits per heavy atom. The van der Waals surface area contributed by atoms with E-state index < -0.39 is 0 Å². The van der Waals surface area contributed by atoms with Gasteiger partial charge in [0.1, 0.15) is 0 Å². The summed E-state index contributed by atoms with van der Waals surface area (Å²) in [6, 6.07) is 0. The normalized spacial score (nSPS) is 6.14. The summed E-state index contributed by atoms with van der Waals surface area (Å²) < 4.78 is 0. The van der Waals surface area contributed by atoms with Gasteiger partial charge in [-0.3, -0.25) is 0 Å². The summed E-state index contributed by atoms with van der Waals surface area (Å²) >= 11 is 0. The summed E-state index contributed by atoms with van der Waals surface area (Å²) in [5.74, 6) is 1.27. The van der Waals surface area contributed by atoms with Gasteiger partial charge in [0.05, 0.1) is 0 Å². The molecule has 0 N–H and O–H groups in total. The van der Waals surface area contributed by atoms with E-state index in [1.54, 1.807) is 0 Å². The second-order valence-corrected chi connectivity index (χ2v) is 1.28. The van der Waals surface area contributed by atoms with Crippen molar-refractivity contribution in [2.45, 2.75) is 13.8 Å². The minimum atomic E-state index is 0. The topological polar surface area (TPSA) is 0 Å². The molecule has 0 bridgehead atoms.